The average molecular weight is 366 g/mol. The van der Waals surface area contributed by atoms with Crippen molar-refractivity contribution in [1.29, 1.82) is 0 Å². The normalized spacial score (nSPS) is 22.4. The Kier molecular flexibility index (Phi) is 5.09. The number of nitrogens with zero attached hydrogens (tertiary/aromatic N) is 1. The summed E-state index contributed by atoms with van der Waals surface area (Å²) in [5.74, 6) is 0. The zero-order valence-electron chi connectivity index (χ0n) is 11.4. The highest BCUT2D eigenvalue weighted by Crippen LogP contribution is 2.34. The van der Waals surface area contributed by atoms with E-state index >= 15 is 0 Å². The van der Waals surface area contributed by atoms with Gasteiger partial charge in [-0.1, -0.05) is 19.8 Å². The van der Waals surface area contributed by atoms with E-state index in [2.05, 4.69) is 22.9 Å². The number of thiophene rings is 1. The fourth-order valence-electron chi connectivity index (χ4n) is 2.69. The predicted molar refractivity (Wildman–Crippen MR) is 83.2 cm³/mol. The summed E-state index contributed by atoms with van der Waals surface area (Å²) in [6.07, 6.45) is 5.12. The van der Waals surface area contributed by atoms with Crippen molar-refractivity contribution in [3.8, 4) is 0 Å². The first-order valence-electron chi connectivity index (χ1n) is 6.74. The molecule has 1 aliphatic rings. The molecule has 1 unspecified atom stereocenters. The van der Waals surface area contributed by atoms with Gasteiger partial charge in [-0.15, -0.1) is 11.3 Å². The molecule has 1 atom stereocenters. The summed E-state index contributed by atoms with van der Waals surface area (Å²) in [5, 5.41) is 0. The van der Waals surface area contributed by atoms with Crippen LogP contribution in [0.5, 0.6) is 0 Å². The van der Waals surface area contributed by atoms with Gasteiger partial charge in [-0.3, -0.25) is 0 Å². The maximum atomic E-state index is 12.9. The van der Waals surface area contributed by atoms with Crippen LogP contribution in [0.15, 0.2) is 14.7 Å². The van der Waals surface area contributed by atoms with Crippen molar-refractivity contribution in [2.45, 2.75) is 56.9 Å². The average Bonchev–Trinajstić information content (AvgIpc) is 2.59. The van der Waals surface area contributed by atoms with Gasteiger partial charge in [0, 0.05) is 17.5 Å². The van der Waals surface area contributed by atoms with E-state index in [0.29, 0.717) is 11.4 Å². The molecule has 19 heavy (non-hydrogen) atoms. The maximum absolute atomic E-state index is 12.9. The molecule has 0 radical (unpaired) electrons. The minimum atomic E-state index is -3.34. The van der Waals surface area contributed by atoms with E-state index in [-0.39, 0.29) is 6.04 Å². The van der Waals surface area contributed by atoms with Crippen LogP contribution in [0.3, 0.4) is 0 Å². The molecular formula is C13H20BrNO2S2. The van der Waals surface area contributed by atoms with Crippen LogP contribution in [0.25, 0.3) is 0 Å². The summed E-state index contributed by atoms with van der Waals surface area (Å²) in [6.45, 7) is 4.61. The Hall–Kier alpha value is 0.0900. The Morgan fingerprint density at radius 2 is 2.16 bits per heavy atom. The van der Waals surface area contributed by atoms with E-state index < -0.39 is 10.0 Å². The summed E-state index contributed by atoms with van der Waals surface area (Å²) in [6, 6.07) is 1.90. The molecule has 0 aromatic carbocycles. The molecule has 0 N–H and O–H groups in total. The monoisotopic (exact) mass is 365 g/mol. The first kappa shape index (κ1) is 15.5. The first-order chi connectivity index (χ1) is 8.96. The van der Waals surface area contributed by atoms with E-state index in [9.17, 15) is 8.42 Å². The molecule has 1 aromatic rings. The van der Waals surface area contributed by atoms with Crippen molar-refractivity contribution in [3.05, 3.63) is 14.7 Å². The third kappa shape index (κ3) is 3.23. The van der Waals surface area contributed by atoms with Crippen LogP contribution in [0.1, 0.15) is 43.9 Å². The van der Waals surface area contributed by atoms with Gasteiger partial charge < -0.3 is 0 Å². The van der Waals surface area contributed by atoms with Crippen LogP contribution in [-0.4, -0.2) is 25.3 Å². The van der Waals surface area contributed by atoms with Gasteiger partial charge in [0.05, 0.1) is 8.68 Å². The zero-order chi connectivity index (χ0) is 14.0. The lowest BCUT2D eigenvalue weighted by molar-refractivity contribution is 0.315. The van der Waals surface area contributed by atoms with Gasteiger partial charge >= 0.3 is 0 Å². The number of hydrogen-bond acceptors (Lipinski definition) is 3. The number of halogens is 1. The molecule has 0 spiro atoms. The third-order valence-corrected chi connectivity index (χ3v) is 7.48. The minimum absolute atomic E-state index is 0.158. The van der Waals surface area contributed by atoms with Gasteiger partial charge in [-0.2, -0.15) is 4.31 Å². The molecule has 0 amide bonds. The van der Waals surface area contributed by atoms with Gasteiger partial charge in [-0.05, 0) is 48.2 Å². The molecular weight excluding hydrogens is 346 g/mol. The molecule has 6 heteroatoms. The number of aryl methyl sites for hydroxylation is 1. The standard InChI is InChI=1S/C13H20BrNO2S2/c1-3-11-7-5-4-6-8-15(11)19(16,17)12-9-13(14)18-10(12)2/h9,11H,3-8H2,1-2H3. The second kappa shape index (κ2) is 6.24. The molecule has 1 saturated heterocycles. The smallest absolute Gasteiger partial charge is 0.207 e. The van der Waals surface area contributed by atoms with Gasteiger partial charge in [0.2, 0.25) is 10.0 Å². The minimum Gasteiger partial charge on any atom is -0.207 e. The van der Waals surface area contributed by atoms with Crippen LogP contribution in [0.2, 0.25) is 0 Å². The Balaban J connectivity index is 2.39. The summed E-state index contributed by atoms with van der Waals surface area (Å²) in [4.78, 5) is 1.34. The molecule has 0 saturated carbocycles. The van der Waals surface area contributed by atoms with Crippen molar-refractivity contribution < 1.29 is 8.42 Å². The molecule has 2 rings (SSSR count). The van der Waals surface area contributed by atoms with Crippen LogP contribution < -0.4 is 0 Å². The Bertz CT molecular complexity index is 539. The van der Waals surface area contributed by atoms with Crippen molar-refractivity contribution >= 4 is 37.3 Å². The highest BCUT2D eigenvalue weighted by atomic mass is 79.9. The predicted octanol–water partition coefficient (Wildman–Crippen LogP) is 4.16. The second-order valence-corrected chi connectivity index (χ2v) is 9.49. The molecule has 3 nitrogen and oxygen atoms in total. The highest BCUT2D eigenvalue weighted by molar-refractivity contribution is 9.11. The van der Waals surface area contributed by atoms with Gasteiger partial charge in [0.15, 0.2) is 0 Å². The van der Waals surface area contributed by atoms with E-state index in [0.717, 1.165) is 40.8 Å². The summed E-state index contributed by atoms with van der Waals surface area (Å²) in [5.41, 5.74) is 0. The molecule has 1 fully saturated rings. The Morgan fingerprint density at radius 3 is 2.74 bits per heavy atom. The number of rotatable bonds is 3. The molecule has 1 aliphatic heterocycles. The summed E-state index contributed by atoms with van der Waals surface area (Å²) < 4.78 is 28.3. The van der Waals surface area contributed by atoms with Crippen LogP contribution in [-0.2, 0) is 10.0 Å². The lowest BCUT2D eigenvalue weighted by Crippen LogP contribution is -2.39. The lowest BCUT2D eigenvalue weighted by atomic mass is 10.1. The molecule has 1 aromatic heterocycles. The topological polar surface area (TPSA) is 37.4 Å². The van der Waals surface area contributed by atoms with E-state index in [1.165, 1.54) is 11.3 Å². The molecule has 2 heterocycles. The third-order valence-electron chi connectivity index (χ3n) is 3.72. The zero-order valence-corrected chi connectivity index (χ0v) is 14.6. The fourth-order valence-corrected chi connectivity index (χ4v) is 6.84. The second-order valence-electron chi connectivity index (χ2n) is 5.00. The number of hydrogen-bond donors (Lipinski definition) is 0. The Labute approximate surface area is 128 Å². The van der Waals surface area contributed by atoms with Crippen LogP contribution in [0.4, 0.5) is 0 Å². The van der Waals surface area contributed by atoms with Gasteiger partial charge in [0.25, 0.3) is 0 Å². The van der Waals surface area contributed by atoms with E-state index in [4.69, 9.17) is 0 Å². The van der Waals surface area contributed by atoms with Gasteiger partial charge in [-0.25, -0.2) is 8.42 Å². The quantitative estimate of drug-likeness (QED) is 0.806. The van der Waals surface area contributed by atoms with Crippen molar-refractivity contribution in [2.75, 3.05) is 6.54 Å². The summed E-state index contributed by atoms with van der Waals surface area (Å²) >= 11 is 4.87. The van der Waals surface area contributed by atoms with Crippen molar-refractivity contribution in [3.63, 3.8) is 0 Å². The first-order valence-corrected chi connectivity index (χ1v) is 9.79. The van der Waals surface area contributed by atoms with E-state index in [1.54, 1.807) is 10.4 Å². The van der Waals surface area contributed by atoms with Crippen molar-refractivity contribution in [1.82, 2.24) is 4.31 Å². The van der Waals surface area contributed by atoms with Crippen LogP contribution in [0, 0.1) is 6.92 Å². The van der Waals surface area contributed by atoms with E-state index in [1.807, 2.05) is 6.92 Å². The number of sulfonamides is 1. The fraction of sp³-hybridized carbons (Fsp3) is 0.692. The van der Waals surface area contributed by atoms with Gasteiger partial charge in [0.1, 0.15) is 0 Å². The molecule has 108 valence electrons. The largest absolute Gasteiger partial charge is 0.244 e. The van der Waals surface area contributed by atoms with Crippen LogP contribution >= 0.6 is 27.3 Å². The highest BCUT2D eigenvalue weighted by Gasteiger charge is 2.33. The van der Waals surface area contributed by atoms with Crippen molar-refractivity contribution in [2.24, 2.45) is 0 Å². The molecule has 0 bridgehead atoms. The Morgan fingerprint density at radius 1 is 1.42 bits per heavy atom. The lowest BCUT2D eigenvalue weighted by Gasteiger charge is -2.28. The summed E-state index contributed by atoms with van der Waals surface area (Å²) in [7, 11) is -3.34. The maximum Gasteiger partial charge on any atom is 0.244 e. The SMILES string of the molecule is CCC1CCCCCN1S(=O)(=O)c1cc(Br)sc1C. The molecule has 0 aliphatic carbocycles.